The van der Waals surface area contributed by atoms with Crippen LogP contribution in [0.5, 0.6) is 0 Å². The van der Waals surface area contributed by atoms with Crippen molar-refractivity contribution in [1.82, 2.24) is 0 Å². The van der Waals surface area contributed by atoms with Gasteiger partial charge in [-0.05, 0) is 26.2 Å². The summed E-state index contributed by atoms with van der Waals surface area (Å²) in [4.78, 5) is 24.4. The summed E-state index contributed by atoms with van der Waals surface area (Å²) in [7, 11) is 2.58. The van der Waals surface area contributed by atoms with Crippen LogP contribution in [-0.4, -0.2) is 32.0 Å². The highest BCUT2D eigenvalue weighted by atomic mass is 19.4. The van der Waals surface area contributed by atoms with Crippen LogP contribution in [0.3, 0.4) is 0 Å². The van der Waals surface area contributed by atoms with E-state index in [0.29, 0.717) is 36.8 Å². The molecule has 4 nitrogen and oxygen atoms in total. The number of allylic oxidation sites excluding steroid dienone is 2. The van der Waals surface area contributed by atoms with Gasteiger partial charge < -0.3 is 9.47 Å². The number of halogens is 3. The third-order valence-corrected chi connectivity index (χ3v) is 3.73. The minimum atomic E-state index is -4.13. The highest BCUT2D eigenvalue weighted by molar-refractivity contribution is 6.23. The predicted octanol–water partition coefficient (Wildman–Crippen LogP) is 3.86. The third kappa shape index (κ3) is 5.11. The number of unbranched alkanes of at least 4 members (excludes halogenated alkanes) is 3. The van der Waals surface area contributed by atoms with Gasteiger partial charge in [0, 0.05) is 17.6 Å². The summed E-state index contributed by atoms with van der Waals surface area (Å²) in [5.74, 6) is -1.01. The van der Waals surface area contributed by atoms with Crippen molar-refractivity contribution in [3.63, 3.8) is 0 Å². The molecule has 0 fully saturated rings. The second-order valence-electron chi connectivity index (χ2n) is 5.36. The summed E-state index contributed by atoms with van der Waals surface area (Å²) >= 11 is 0. The fourth-order valence-corrected chi connectivity index (χ4v) is 2.47. The fraction of sp³-hybridized carbons (Fsp3) is 0.625. The lowest BCUT2D eigenvalue weighted by molar-refractivity contribution is -0.135. The molecule has 0 saturated heterocycles. The van der Waals surface area contributed by atoms with E-state index in [4.69, 9.17) is 9.47 Å². The van der Waals surface area contributed by atoms with Gasteiger partial charge in [0.05, 0.1) is 14.2 Å². The van der Waals surface area contributed by atoms with Gasteiger partial charge in [0.1, 0.15) is 0 Å². The molecule has 0 bridgehead atoms. The van der Waals surface area contributed by atoms with Crippen LogP contribution >= 0.6 is 0 Å². The topological polar surface area (TPSA) is 52.6 Å². The summed E-state index contributed by atoms with van der Waals surface area (Å²) < 4.78 is 46.0. The highest BCUT2D eigenvalue weighted by Gasteiger charge is 2.34. The van der Waals surface area contributed by atoms with Crippen molar-refractivity contribution < 1.29 is 32.2 Å². The number of methoxy groups -OCH3 is 2. The van der Waals surface area contributed by atoms with E-state index in [9.17, 15) is 22.8 Å². The largest absolute Gasteiger partial charge is 0.489 e. The quantitative estimate of drug-likeness (QED) is 0.499. The Morgan fingerprint density at radius 2 is 1.39 bits per heavy atom. The van der Waals surface area contributed by atoms with Crippen molar-refractivity contribution >= 4 is 11.6 Å². The molecule has 0 N–H and O–H groups in total. The van der Waals surface area contributed by atoms with E-state index >= 15 is 0 Å². The van der Waals surface area contributed by atoms with Crippen LogP contribution in [-0.2, 0) is 19.1 Å². The highest BCUT2D eigenvalue weighted by Crippen LogP contribution is 2.29. The number of alkyl halides is 3. The second kappa shape index (κ2) is 8.17. The smallest absolute Gasteiger partial charge is 0.389 e. The standard InChI is InChI=1S/C16H21F3O4/c1-10-11(8-6-4-5-7-9-16(17,18)19)13(21)15(23-3)14(22-2)12(10)20/h4-9H2,1-3H3. The Morgan fingerprint density at radius 1 is 0.870 bits per heavy atom. The van der Waals surface area contributed by atoms with E-state index in [1.54, 1.807) is 6.92 Å². The molecule has 0 heterocycles. The van der Waals surface area contributed by atoms with Gasteiger partial charge in [0.2, 0.25) is 23.1 Å². The van der Waals surface area contributed by atoms with Crippen molar-refractivity contribution in [2.24, 2.45) is 0 Å². The fourth-order valence-electron chi connectivity index (χ4n) is 2.47. The Kier molecular flexibility index (Phi) is 6.84. The number of Topliss-reactive ketones (excluding diaryl/α,β-unsaturated/α-hetero) is 2. The van der Waals surface area contributed by atoms with Crippen LogP contribution in [0, 0.1) is 0 Å². The molecule has 0 amide bonds. The molecule has 0 unspecified atom stereocenters. The minimum absolute atomic E-state index is 0.0749. The molecule has 0 aliphatic heterocycles. The van der Waals surface area contributed by atoms with Gasteiger partial charge in [-0.2, -0.15) is 13.2 Å². The number of rotatable bonds is 8. The maximum Gasteiger partial charge on any atom is 0.389 e. The molecule has 0 atom stereocenters. The van der Waals surface area contributed by atoms with Gasteiger partial charge in [0.15, 0.2) is 0 Å². The zero-order valence-corrected chi connectivity index (χ0v) is 13.5. The van der Waals surface area contributed by atoms with E-state index in [1.165, 1.54) is 14.2 Å². The molecule has 23 heavy (non-hydrogen) atoms. The first kappa shape index (κ1) is 19.3. The van der Waals surface area contributed by atoms with Crippen LogP contribution in [0.15, 0.2) is 22.7 Å². The number of carbonyl (C=O) groups is 2. The zero-order valence-electron chi connectivity index (χ0n) is 13.5. The van der Waals surface area contributed by atoms with E-state index in [1.807, 2.05) is 0 Å². The van der Waals surface area contributed by atoms with Crippen LogP contribution < -0.4 is 0 Å². The summed E-state index contributed by atoms with van der Waals surface area (Å²) in [5.41, 5.74) is 0.659. The molecule has 1 rings (SSSR count). The molecule has 0 saturated carbocycles. The average Bonchev–Trinajstić information content (AvgIpc) is 2.47. The molecule has 0 spiro atoms. The van der Waals surface area contributed by atoms with E-state index in [0.717, 1.165) is 0 Å². The lowest BCUT2D eigenvalue weighted by Gasteiger charge is -2.20. The normalized spacial score (nSPS) is 16.3. The maximum absolute atomic E-state index is 12.3. The van der Waals surface area contributed by atoms with Crippen LogP contribution in [0.25, 0.3) is 0 Å². The lowest BCUT2D eigenvalue weighted by atomic mass is 9.89. The number of hydrogen-bond donors (Lipinski definition) is 0. The van der Waals surface area contributed by atoms with Crippen molar-refractivity contribution in [2.75, 3.05) is 14.2 Å². The molecule has 0 aromatic carbocycles. The van der Waals surface area contributed by atoms with E-state index in [-0.39, 0.29) is 17.9 Å². The maximum atomic E-state index is 12.3. The SMILES string of the molecule is COC1=C(OC)C(=O)C(CCCCCCC(F)(F)F)=C(C)C1=O. The van der Waals surface area contributed by atoms with Gasteiger partial charge in [-0.25, -0.2) is 0 Å². The molecule has 0 radical (unpaired) electrons. The lowest BCUT2D eigenvalue weighted by Crippen LogP contribution is -2.25. The second-order valence-corrected chi connectivity index (χ2v) is 5.36. The van der Waals surface area contributed by atoms with Crippen LogP contribution in [0.1, 0.15) is 45.4 Å². The van der Waals surface area contributed by atoms with Crippen molar-refractivity contribution in [2.45, 2.75) is 51.6 Å². The number of hydrogen-bond acceptors (Lipinski definition) is 4. The first-order valence-corrected chi connectivity index (χ1v) is 7.41. The van der Waals surface area contributed by atoms with Crippen LogP contribution in [0.4, 0.5) is 13.2 Å². The minimum Gasteiger partial charge on any atom is -0.489 e. The molecule has 0 aromatic rings. The average molecular weight is 334 g/mol. The molecular formula is C16H21F3O4. The van der Waals surface area contributed by atoms with Crippen molar-refractivity contribution in [3.8, 4) is 0 Å². The van der Waals surface area contributed by atoms with Gasteiger partial charge >= 0.3 is 6.18 Å². The Balaban J connectivity index is 2.58. The number of ether oxygens (including phenoxy) is 2. The molecule has 7 heteroatoms. The number of ketones is 2. The Hall–Kier alpha value is -1.79. The van der Waals surface area contributed by atoms with E-state index in [2.05, 4.69) is 0 Å². The first-order valence-electron chi connectivity index (χ1n) is 7.41. The Labute approximate surface area is 133 Å². The monoisotopic (exact) mass is 334 g/mol. The number of carbonyl (C=O) groups excluding carboxylic acids is 2. The van der Waals surface area contributed by atoms with Crippen molar-refractivity contribution in [1.29, 1.82) is 0 Å². The summed E-state index contributed by atoms with van der Waals surface area (Å²) in [5, 5.41) is 0. The van der Waals surface area contributed by atoms with Gasteiger partial charge in [0.25, 0.3) is 0 Å². The molecule has 1 aliphatic carbocycles. The molecular weight excluding hydrogens is 313 g/mol. The molecule has 0 aromatic heterocycles. The predicted molar refractivity (Wildman–Crippen MR) is 77.5 cm³/mol. The van der Waals surface area contributed by atoms with Crippen molar-refractivity contribution in [3.05, 3.63) is 22.7 Å². The summed E-state index contributed by atoms with van der Waals surface area (Å²) in [6.07, 6.45) is -2.96. The summed E-state index contributed by atoms with van der Waals surface area (Å²) in [6, 6.07) is 0. The summed E-state index contributed by atoms with van der Waals surface area (Å²) in [6.45, 7) is 1.55. The van der Waals surface area contributed by atoms with Gasteiger partial charge in [-0.3, -0.25) is 9.59 Å². The third-order valence-electron chi connectivity index (χ3n) is 3.73. The molecule has 130 valence electrons. The van der Waals surface area contributed by atoms with Gasteiger partial charge in [-0.15, -0.1) is 0 Å². The zero-order chi connectivity index (χ0) is 17.6. The Bertz CT molecular complexity index is 530. The first-order chi connectivity index (χ1) is 10.7. The Morgan fingerprint density at radius 3 is 1.91 bits per heavy atom. The van der Waals surface area contributed by atoms with Gasteiger partial charge in [-0.1, -0.05) is 12.8 Å². The molecule has 1 aliphatic rings. The van der Waals surface area contributed by atoms with Crippen LogP contribution in [0.2, 0.25) is 0 Å². The van der Waals surface area contributed by atoms with E-state index < -0.39 is 24.2 Å².